The van der Waals surface area contributed by atoms with Crippen LogP contribution in [0.25, 0.3) is 0 Å². The highest BCUT2D eigenvalue weighted by Crippen LogP contribution is 2.26. The van der Waals surface area contributed by atoms with E-state index in [-0.39, 0.29) is 17.5 Å². The lowest BCUT2D eigenvalue weighted by atomic mass is 10.1. The number of sulfonamides is 1. The summed E-state index contributed by atoms with van der Waals surface area (Å²) in [4.78, 5) is -0.364. The van der Waals surface area contributed by atoms with Crippen LogP contribution in [0, 0.1) is 23.6 Å². The van der Waals surface area contributed by atoms with Crippen molar-refractivity contribution in [2.75, 3.05) is 6.61 Å². The molecule has 114 valence electrons. The molecule has 0 amide bonds. The largest absolute Gasteiger partial charge is 0.384 e. The maximum absolute atomic E-state index is 14.0. The Labute approximate surface area is 124 Å². The van der Waals surface area contributed by atoms with Crippen molar-refractivity contribution >= 4 is 10.0 Å². The Morgan fingerprint density at radius 3 is 2.76 bits per heavy atom. The summed E-state index contributed by atoms with van der Waals surface area (Å²) in [7, 11) is -3.86. The first-order chi connectivity index (χ1) is 9.92. The van der Waals surface area contributed by atoms with E-state index in [2.05, 4.69) is 23.5 Å². The molecule has 0 spiro atoms. The fourth-order valence-corrected chi connectivity index (χ4v) is 3.88. The summed E-state index contributed by atoms with van der Waals surface area (Å²) < 4.78 is 41.0. The van der Waals surface area contributed by atoms with Crippen LogP contribution in [0.5, 0.6) is 0 Å². The van der Waals surface area contributed by atoms with Gasteiger partial charge in [-0.25, -0.2) is 17.5 Å². The zero-order valence-electron chi connectivity index (χ0n) is 11.8. The highest BCUT2D eigenvalue weighted by Gasteiger charge is 2.28. The van der Waals surface area contributed by atoms with Gasteiger partial charge in [-0.2, -0.15) is 0 Å². The second-order valence-electron chi connectivity index (χ2n) is 5.34. The molecular weight excluding hydrogens is 293 g/mol. The second-order valence-corrected chi connectivity index (χ2v) is 7.02. The third-order valence-electron chi connectivity index (χ3n) is 3.55. The fraction of sp³-hybridized carbons (Fsp3) is 0.467. The number of hydrogen-bond donors (Lipinski definition) is 2. The third kappa shape index (κ3) is 4.03. The third-order valence-corrected chi connectivity index (χ3v) is 5.10. The summed E-state index contributed by atoms with van der Waals surface area (Å²) in [6, 6.07) is 3.57. The van der Waals surface area contributed by atoms with E-state index in [0.717, 1.165) is 25.3 Å². The molecular formula is C15H18FNO3S. The van der Waals surface area contributed by atoms with Crippen LogP contribution in [0.2, 0.25) is 0 Å². The number of halogens is 1. The topological polar surface area (TPSA) is 66.4 Å². The monoisotopic (exact) mass is 311 g/mol. The smallest absolute Gasteiger partial charge is 0.243 e. The van der Waals surface area contributed by atoms with Crippen LogP contribution >= 0.6 is 0 Å². The number of hydrogen-bond acceptors (Lipinski definition) is 3. The lowest BCUT2D eigenvalue weighted by molar-refractivity contribution is 0.350. The molecule has 1 aromatic carbocycles. The number of aliphatic hydroxyl groups excluding tert-OH is 1. The first-order valence-corrected chi connectivity index (χ1v) is 8.32. The summed E-state index contributed by atoms with van der Waals surface area (Å²) >= 11 is 0. The molecule has 2 N–H and O–H groups in total. The van der Waals surface area contributed by atoms with Gasteiger partial charge in [0, 0.05) is 11.6 Å². The van der Waals surface area contributed by atoms with Gasteiger partial charge in [0.05, 0.1) is 0 Å². The average molecular weight is 311 g/mol. The van der Waals surface area contributed by atoms with E-state index in [0.29, 0.717) is 11.5 Å². The molecule has 0 saturated heterocycles. The van der Waals surface area contributed by atoms with Crippen LogP contribution in [0.3, 0.4) is 0 Å². The first kappa shape index (κ1) is 16.0. The minimum atomic E-state index is -3.86. The van der Waals surface area contributed by atoms with Crippen LogP contribution in [-0.2, 0) is 10.0 Å². The van der Waals surface area contributed by atoms with Crippen molar-refractivity contribution in [1.82, 2.24) is 4.72 Å². The van der Waals surface area contributed by atoms with Crippen molar-refractivity contribution in [2.24, 2.45) is 5.92 Å². The van der Waals surface area contributed by atoms with Gasteiger partial charge in [0.1, 0.15) is 17.3 Å². The van der Waals surface area contributed by atoms with Crippen molar-refractivity contribution in [2.45, 2.75) is 37.1 Å². The van der Waals surface area contributed by atoms with Crippen LogP contribution in [0.4, 0.5) is 4.39 Å². The molecule has 1 aromatic rings. The van der Waals surface area contributed by atoms with Gasteiger partial charge in [0.2, 0.25) is 10.0 Å². The summed E-state index contributed by atoms with van der Waals surface area (Å²) in [5.41, 5.74) is 0.329. The molecule has 1 aliphatic rings. The zero-order chi connectivity index (χ0) is 15.5. The van der Waals surface area contributed by atoms with E-state index in [4.69, 9.17) is 5.11 Å². The van der Waals surface area contributed by atoms with E-state index < -0.39 is 15.8 Å². The quantitative estimate of drug-likeness (QED) is 0.834. The van der Waals surface area contributed by atoms with Crippen molar-refractivity contribution in [1.29, 1.82) is 0 Å². The lowest BCUT2D eigenvalue weighted by Gasteiger charge is -2.13. The zero-order valence-corrected chi connectivity index (χ0v) is 12.6. The molecule has 2 unspecified atom stereocenters. The molecule has 0 radical (unpaired) electrons. The van der Waals surface area contributed by atoms with Crippen molar-refractivity contribution < 1.29 is 17.9 Å². The molecule has 1 fully saturated rings. The standard InChI is InChI=1S/C15H18FNO3S/c1-11-4-6-13(9-11)17-21(19,20)15-7-5-12(3-2-8-18)10-14(15)16/h5,7,10-11,13,17-18H,4,6,8-9H2,1H3. The number of nitrogens with one attached hydrogen (secondary N) is 1. The maximum Gasteiger partial charge on any atom is 0.243 e. The first-order valence-electron chi connectivity index (χ1n) is 6.84. The lowest BCUT2D eigenvalue weighted by Crippen LogP contribution is -2.33. The molecule has 1 aliphatic carbocycles. The molecule has 0 aliphatic heterocycles. The maximum atomic E-state index is 14.0. The second kappa shape index (κ2) is 6.56. The molecule has 0 heterocycles. The Morgan fingerprint density at radius 1 is 1.43 bits per heavy atom. The fourth-order valence-electron chi connectivity index (χ4n) is 2.54. The molecule has 6 heteroatoms. The molecule has 4 nitrogen and oxygen atoms in total. The Balaban J connectivity index is 2.20. The predicted molar refractivity (Wildman–Crippen MR) is 77.5 cm³/mol. The molecule has 0 bridgehead atoms. The Bertz CT molecular complexity index is 676. The van der Waals surface area contributed by atoms with Gasteiger partial charge in [-0.15, -0.1) is 0 Å². The van der Waals surface area contributed by atoms with Gasteiger partial charge in [0.25, 0.3) is 0 Å². The van der Waals surface area contributed by atoms with Gasteiger partial charge < -0.3 is 5.11 Å². The van der Waals surface area contributed by atoms with E-state index >= 15 is 0 Å². The van der Waals surface area contributed by atoms with E-state index in [1.54, 1.807) is 0 Å². The van der Waals surface area contributed by atoms with E-state index in [9.17, 15) is 12.8 Å². The minimum absolute atomic E-state index is 0.127. The highest BCUT2D eigenvalue weighted by molar-refractivity contribution is 7.89. The van der Waals surface area contributed by atoms with Crippen LogP contribution in [0.15, 0.2) is 23.1 Å². The van der Waals surface area contributed by atoms with Gasteiger partial charge in [0.15, 0.2) is 0 Å². The van der Waals surface area contributed by atoms with Crippen LogP contribution < -0.4 is 4.72 Å². The Kier molecular flexibility index (Phi) is 4.99. The van der Waals surface area contributed by atoms with Crippen LogP contribution in [0.1, 0.15) is 31.7 Å². The number of rotatable bonds is 3. The highest BCUT2D eigenvalue weighted by atomic mass is 32.2. The van der Waals surface area contributed by atoms with Crippen molar-refractivity contribution in [3.8, 4) is 11.8 Å². The molecule has 2 atom stereocenters. The Hall–Kier alpha value is -1.42. The summed E-state index contributed by atoms with van der Waals surface area (Å²) in [6.07, 6.45) is 2.54. The van der Waals surface area contributed by atoms with E-state index in [1.165, 1.54) is 12.1 Å². The predicted octanol–water partition coefficient (Wildman–Crippen LogP) is 1.64. The SMILES string of the molecule is CC1CCC(NS(=O)(=O)c2ccc(C#CCO)cc2F)C1. The van der Waals surface area contributed by atoms with Crippen molar-refractivity contribution in [3.63, 3.8) is 0 Å². The molecule has 21 heavy (non-hydrogen) atoms. The van der Waals surface area contributed by atoms with Gasteiger partial charge >= 0.3 is 0 Å². The van der Waals surface area contributed by atoms with Gasteiger partial charge in [-0.1, -0.05) is 18.8 Å². The summed E-state index contributed by atoms with van der Waals surface area (Å²) in [5, 5.41) is 8.59. The summed E-state index contributed by atoms with van der Waals surface area (Å²) in [5.74, 6) is 4.57. The Morgan fingerprint density at radius 2 is 2.19 bits per heavy atom. The molecule has 0 aromatic heterocycles. The van der Waals surface area contributed by atoms with Crippen LogP contribution in [-0.4, -0.2) is 26.2 Å². The van der Waals surface area contributed by atoms with Crippen molar-refractivity contribution in [3.05, 3.63) is 29.6 Å². The van der Waals surface area contributed by atoms with E-state index in [1.807, 2.05) is 0 Å². The number of benzene rings is 1. The van der Waals surface area contributed by atoms with Gasteiger partial charge in [-0.3, -0.25) is 0 Å². The minimum Gasteiger partial charge on any atom is -0.384 e. The average Bonchev–Trinajstić information content (AvgIpc) is 2.80. The number of aliphatic hydroxyl groups is 1. The normalized spacial score (nSPS) is 21.9. The molecule has 1 saturated carbocycles. The summed E-state index contributed by atoms with van der Waals surface area (Å²) in [6.45, 7) is 1.74. The molecule has 2 rings (SSSR count). The van der Waals surface area contributed by atoms with Gasteiger partial charge in [-0.05, 0) is 43.4 Å².